The van der Waals surface area contributed by atoms with Gasteiger partial charge in [0.25, 0.3) is 0 Å². The van der Waals surface area contributed by atoms with Gasteiger partial charge in [0.1, 0.15) is 0 Å². The van der Waals surface area contributed by atoms with Crippen LogP contribution >= 0.6 is 7.37 Å². The topological polar surface area (TPSA) is 26.3 Å². The first-order valence-corrected chi connectivity index (χ1v) is 5.99. The molecule has 64 valence electrons. The van der Waals surface area contributed by atoms with Crippen LogP contribution in [0.3, 0.4) is 0 Å². The predicted molar refractivity (Wildman–Crippen MR) is 49.1 cm³/mol. The van der Waals surface area contributed by atoms with Gasteiger partial charge in [-0.2, -0.15) is 0 Å². The Morgan fingerprint density at radius 2 is 2.25 bits per heavy atom. The van der Waals surface area contributed by atoms with E-state index in [2.05, 4.69) is 0 Å². The average molecular weight is 182 g/mol. The van der Waals surface area contributed by atoms with E-state index < -0.39 is 7.37 Å². The maximum absolute atomic E-state index is 11.8. The minimum atomic E-state index is -2.47. The smallest absolute Gasteiger partial charge is 0.230 e. The third-order valence-electron chi connectivity index (χ3n) is 2.19. The lowest BCUT2D eigenvalue weighted by atomic mass is 10.1. The van der Waals surface area contributed by atoms with Gasteiger partial charge in [-0.25, -0.2) is 0 Å². The molecule has 0 saturated carbocycles. The number of aryl methyl sites for hydroxylation is 1. The van der Waals surface area contributed by atoms with Crippen molar-refractivity contribution in [3.05, 3.63) is 29.3 Å². The SMILES string of the molecule is Cc1cccc2c1P(C)(=O)OC2. The molecule has 0 saturated heterocycles. The molecule has 1 aromatic carbocycles. The second-order valence-electron chi connectivity index (χ2n) is 3.20. The largest absolute Gasteiger partial charge is 0.321 e. The molecule has 12 heavy (non-hydrogen) atoms. The zero-order valence-corrected chi connectivity index (χ0v) is 8.10. The van der Waals surface area contributed by atoms with Gasteiger partial charge in [-0.15, -0.1) is 0 Å². The monoisotopic (exact) mass is 182 g/mol. The zero-order valence-electron chi connectivity index (χ0n) is 7.20. The molecule has 1 atom stereocenters. The van der Waals surface area contributed by atoms with Crippen LogP contribution in [0.1, 0.15) is 11.1 Å². The molecule has 1 aliphatic rings. The van der Waals surface area contributed by atoms with Crippen molar-refractivity contribution in [2.75, 3.05) is 6.66 Å². The first kappa shape index (κ1) is 8.03. The van der Waals surface area contributed by atoms with Crippen LogP contribution in [-0.4, -0.2) is 6.66 Å². The van der Waals surface area contributed by atoms with Gasteiger partial charge in [0.2, 0.25) is 7.37 Å². The summed E-state index contributed by atoms with van der Waals surface area (Å²) in [6, 6.07) is 5.93. The van der Waals surface area contributed by atoms with E-state index in [9.17, 15) is 4.57 Å². The van der Waals surface area contributed by atoms with Gasteiger partial charge in [-0.1, -0.05) is 18.2 Å². The molecule has 0 radical (unpaired) electrons. The predicted octanol–water partition coefficient (Wildman–Crippen LogP) is 2.06. The van der Waals surface area contributed by atoms with Crippen LogP contribution in [0.25, 0.3) is 0 Å². The highest BCUT2D eigenvalue weighted by atomic mass is 31.2. The highest BCUT2D eigenvalue weighted by Crippen LogP contribution is 2.48. The number of benzene rings is 1. The molecule has 0 bridgehead atoms. The van der Waals surface area contributed by atoms with Crippen molar-refractivity contribution in [1.82, 2.24) is 0 Å². The van der Waals surface area contributed by atoms with Crippen LogP contribution in [-0.2, 0) is 15.7 Å². The molecule has 0 aliphatic carbocycles. The molecule has 1 aliphatic heterocycles. The van der Waals surface area contributed by atoms with Crippen molar-refractivity contribution in [2.45, 2.75) is 13.5 Å². The number of hydrogen-bond donors (Lipinski definition) is 0. The van der Waals surface area contributed by atoms with Gasteiger partial charge in [-0.3, -0.25) is 4.57 Å². The molecule has 0 aromatic heterocycles. The fourth-order valence-electron chi connectivity index (χ4n) is 1.67. The molecule has 0 N–H and O–H groups in total. The first-order valence-electron chi connectivity index (χ1n) is 3.92. The van der Waals surface area contributed by atoms with Gasteiger partial charge >= 0.3 is 0 Å². The minimum Gasteiger partial charge on any atom is -0.321 e. The summed E-state index contributed by atoms with van der Waals surface area (Å²) in [7, 11) is -2.47. The Kier molecular flexibility index (Phi) is 1.64. The first-order chi connectivity index (χ1) is 5.61. The van der Waals surface area contributed by atoms with Gasteiger partial charge in [-0.05, 0) is 18.1 Å². The van der Waals surface area contributed by atoms with E-state index in [4.69, 9.17) is 4.52 Å². The van der Waals surface area contributed by atoms with Crippen LogP contribution in [0.2, 0.25) is 0 Å². The Bertz CT molecular complexity index is 371. The van der Waals surface area contributed by atoms with Crippen molar-refractivity contribution in [2.24, 2.45) is 0 Å². The molecule has 1 aromatic rings. The standard InChI is InChI=1S/C9H11O2P/c1-7-4-3-5-8-6-11-12(2,10)9(7)8/h3-5H,6H2,1-2H3. The van der Waals surface area contributed by atoms with Gasteiger partial charge in [0.15, 0.2) is 0 Å². The number of hydrogen-bond acceptors (Lipinski definition) is 2. The van der Waals surface area contributed by atoms with E-state index in [-0.39, 0.29) is 0 Å². The van der Waals surface area contributed by atoms with Crippen molar-refractivity contribution in [3.63, 3.8) is 0 Å². The third-order valence-corrected chi connectivity index (χ3v) is 4.27. The zero-order chi connectivity index (χ0) is 8.77. The summed E-state index contributed by atoms with van der Waals surface area (Å²) in [6.07, 6.45) is 0. The van der Waals surface area contributed by atoms with Crippen LogP contribution in [0, 0.1) is 6.92 Å². The summed E-state index contributed by atoms with van der Waals surface area (Å²) >= 11 is 0. The molecular weight excluding hydrogens is 171 g/mol. The van der Waals surface area contributed by atoms with E-state index in [1.54, 1.807) is 6.66 Å². The van der Waals surface area contributed by atoms with Crippen LogP contribution < -0.4 is 5.30 Å². The van der Waals surface area contributed by atoms with Gasteiger partial charge in [0.05, 0.1) is 6.61 Å². The summed E-state index contributed by atoms with van der Waals surface area (Å²) in [5, 5.41) is 0.935. The normalized spacial score (nSPS) is 27.2. The maximum Gasteiger partial charge on any atom is 0.230 e. The van der Waals surface area contributed by atoms with Gasteiger partial charge < -0.3 is 4.52 Å². The molecule has 3 heteroatoms. The summed E-state index contributed by atoms with van der Waals surface area (Å²) < 4.78 is 17.1. The molecule has 1 unspecified atom stereocenters. The van der Waals surface area contributed by atoms with E-state index in [0.717, 1.165) is 16.4 Å². The second-order valence-corrected chi connectivity index (χ2v) is 5.60. The molecule has 0 amide bonds. The lowest BCUT2D eigenvalue weighted by Crippen LogP contribution is -2.06. The minimum absolute atomic E-state index is 0.505. The summed E-state index contributed by atoms with van der Waals surface area (Å²) in [4.78, 5) is 0. The van der Waals surface area contributed by atoms with Crippen molar-refractivity contribution >= 4 is 12.7 Å². The average Bonchev–Trinajstić information content (AvgIpc) is 2.29. The van der Waals surface area contributed by atoms with Crippen molar-refractivity contribution in [3.8, 4) is 0 Å². The van der Waals surface area contributed by atoms with E-state index >= 15 is 0 Å². The fourth-order valence-corrected chi connectivity index (χ4v) is 3.57. The lowest BCUT2D eigenvalue weighted by Gasteiger charge is -2.06. The highest BCUT2D eigenvalue weighted by molar-refractivity contribution is 7.66. The quantitative estimate of drug-likeness (QED) is 0.574. The Hall–Kier alpha value is -0.590. The number of rotatable bonds is 0. The van der Waals surface area contributed by atoms with Crippen molar-refractivity contribution < 1.29 is 9.09 Å². The van der Waals surface area contributed by atoms with E-state index in [0.29, 0.717) is 6.61 Å². The van der Waals surface area contributed by atoms with Crippen LogP contribution in [0.4, 0.5) is 0 Å². The maximum atomic E-state index is 11.8. The Morgan fingerprint density at radius 3 is 2.92 bits per heavy atom. The molecule has 2 nitrogen and oxygen atoms in total. The van der Waals surface area contributed by atoms with E-state index in [1.165, 1.54) is 0 Å². The summed E-state index contributed by atoms with van der Waals surface area (Å²) in [5.74, 6) is 0. The van der Waals surface area contributed by atoms with Crippen molar-refractivity contribution in [1.29, 1.82) is 0 Å². The second kappa shape index (κ2) is 2.45. The lowest BCUT2D eigenvalue weighted by molar-refractivity contribution is 0.327. The third kappa shape index (κ3) is 1.03. The Labute approximate surface area is 72.0 Å². The number of fused-ring (bicyclic) bond motifs is 1. The van der Waals surface area contributed by atoms with Gasteiger partial charge in [0, 0.05) is 12.0 Å². The van der Waals surface area contributed by atoms with E-state index in [1.807, 2.05) is 25.1 Å². The molecule has 2 rings (SSSR count). The highest BCUT2D eigenvalue weighted by Gasteiger charge is 2.30. The molecule has 0 fully saturated rings. The Morgan fingerprint density at radius 1 is 1.50 bits per heavy atom. The fraction of sp³-hybridized carbons (Fsp3) is 0.333. The Balaban J connectivity index is 2.72. The molecule has 1 heterocycles. The summed E-state index contributed by atoms with van der Waals surface area (Å²) in [5.41, 5.74) is 2.16. The molecule has 0 spiro atoms. The van der Waals surface area contributed by atoms with Crippen LogP contribution in [0.15, 0.2) is 18.2 Å². The summed E-state index contributed by atoms with van der Waals surface area (Å²) in [6.45, 7) is 4.17. The molecular formula is C9H11O2P. The van der Waals surface area contributed by atoms with Crippen LogP contribution in [0.5, 0.6) is 0 Å².